The Labute approximate surface area is 164 Å². The molecular formula is C20H20N2O5S. The first-order valence-electron chi connectivity index (χ1n) is 8.58. The molecule has 0 aliphatic carbocycles. The summed E-state index contributed by atoms with van der Waals surface area (Å²) in [6.07, 6.45) is 4.77. The highest BCUT2D eigenvalue weighted by Crippen LogP contribution is 2.31. The number of fused-ring (bicyclic) bond motifs is 1. The standard InChI is InChI=1S/C20H20N2O5S/c1-3-12-21-28(24,25)17-10-8-15(9-11-17)20(23)22(2)13-16-14-26-18-6-4-5-7-19(18)27-16/h1,4-11,16,21H,12-14H2,2H3. The number of para-hydroxylation sites is 2. The van der Waals surface area contributed by atoms with Gasteiger partial charge in [-0.1, -0.05) is 18.1 Å². The molecule has 8 heteroatoms. The van der Waals surface area contributed by atoms with E-state index in [1.165, 1.54) is 29.2 Å². The third kappa shape index (κ3) is 4.44. The molecule has 1 aliphatic rings. The zero-order valence-corrected chi connectivity index (χ0v) is 16.1. The van der Waals surface area contributed by atoms with Crippen molar-refractivity contribution in [3.8, 4) is 23.8 Å². The van der Waals surface area contributed by atoms with E-state index in [1.54, 1.807) is 7.05 Å². The van der Waals surface area contributed by atoms with Crippen molar-refractivity contribution in [2.45, 2.75) is 11.0 Å². The van der Waals surface area contributed by atoms with Gasteiger partial charge in [-0.3, -0.25) is 4.79 Å². The van der Waals surface area contributed by atoms with E-state index in [2.05, 4.69) is 10.6 Å². The molecule has 1 aliphatic heterocycles. The second-order valence-electron chi connectivity index (χ2n) is 6.24. The van der Waals surface area contributed by atoms with Gasteiger partial charge in [-0.15, -0.1) is 6.42 Å². The van der Waals surface area contributed by atoms with Crippen LogP contribution in [0.4, 0.5) is 0 Å². The van der Waals surface area contributed by atoms with Crippen molar-refractivity contribution in [2.24, 2.45) is 0 Å². The molecule has 1 heterocycles. The SMILES string of the molecule is C#CCNS(=O)(=O)c1ccc(C(=O)N(C)CC2COc3ccccc3O2)cc1. The second-order valence-corrected chi connectivity index (χ2v) is 8.00. The van der Waals surface area contributed by atoms with Crippen molar-refractivity contribution in [2.75, 3.05) is 26.7 Å². The predicted molar refractivity (Wildman–Crippen MR) is 104 cm³/mol. The molecule has 0 saturated heterocycles. The molecule has 0 bridgehead atoms. The van der Waals surface area contributed by atoms with Gasteiger partial charge in [0.15, 0.2) is 17.6 Å². The van der Waals surface area contributed by atoms with Crippen LogP contribution in [-0.4, -0.2) is 52.1 Å². The van der Waals surface area contributed by atoms with Crippen molar-refractivity contribution in [3.63, 3.8) is 0 Å². The van der Waals surface area contributed by atoms with E-state index in [-0.39, 0.29) is 23.5 Å². The predicted octanol–water partition coefficient (Wildman–Crippen LogP) is 1.51. The lowest BCUT2D eigenvalue weighted by Crippen LogP contribution is -2.41. The highest BCUT2D eigenvalue weighted by molar-refractivity contribution is 7.89. The summed E-state index contributed by atoms with van der Waals surface area (Å²) in [6, 6.07) is 13.0. The smallest absolute Gasteiger partial charge is 0.253 e. The molecule has 2 aromatic carbocycles. The van der Waals surface area contributed by atoms with E-state index in [9.17, 15) is 13.2 Å². The van der Waals surface area contributed by atoms with E-state index in [1.807, 2.05) is 24.3 Å². The van der Waals surface area contributed by atoms with Crippen molar-refractivity contribution in [1.82, 2.24) is 9.62 Å². The van der Waals surface area contributed by atoms with Crippen LogP contribution in [0.5, 0.6) is 11.5 Å². The monoisotopic (exact) mass is 400 g/mol. The third-order valence-corrected chi connectivity index (χ3v) is 5.58. The Bertz CT molecular complexity index is 996. The number of rotatable bonds is 6. The Morgan fingerprint density at radius 2 is 1.89 bits per heavy atom. The van der Waals surface area contributed by atoms with E-state index in [0.29, 0.717) is 30.2 Å². The first kappa shape index (κ1) is 19.7. The quantitative estimate of drug-likeness (QED) is 0.743. The fourth-order valence-corrected chi connectivity index (χ4v) is 3.69. The number of nitrogens with zero attached hydrogens (tertiary/aromatic N) is 1. The van der Waals surface area contributed by atoms with Crippen molar-refractivity contribution in [1.29, 1.82) is 0 Å². The van der Waals surface area contributed by atoms with Gasteiger partial charge in [0, 0.05) is 12.6 Å². The number of benzene rings is 2. The summed E-state index contributed by atoms with van der Waals surface area (Å²) in [5, 5.41) is 0. The summed E-state index contributed by atoms with van der Waals surface area (Å²) in [5.41, 5.74) is 0.371. The third-order valence-electron chi connectivity index (χ3n) is 4.17. The molecule has 28 heavy (non-hydrogen) atoms. The van der Waals surface area contributed by atoms with Crippen molar-refractivity contribution in [3.05, 3.63) is 54.1 Å². The maximum absolute atomic E-state index is 12.6. The molecule has 0 radical (unpaired) electrons. The Balaban J connectivity index is 1.63. The molecule has 3 rings (SSSR count). The van der Waals surface area contributed by atoms with Gasteiger partial charge in [-0.25, -0.2) is 8.42 Å². The minimum absolute atomic E-state index is 0.0440. The van der Waals surface area contributed by atoms with E-state index >= 15 is 0 Å². The Morgan fingerprint density at radius 1 is 1.21 bits per heavy atom. The fourth-order valence-electron chi connectivity index (χ4n) is 2.76. The number of carbonyl (C=O) groups is 1. The summed E-state index contributed by atoms with van der Waals surface area (Å²) in [4.78, 5) is 14.2. The van der Waals surface area contributed by atoms with E-state index in [4.69, 9.17) is 15.9 Å². The number of amides is 1. The van der Waals surface area contributed by atoms with Crippen LogP contribution in [0.1, 0.15) is 10.4 Å². The van der Waals surface area contributed by atoms with Gasteiger partial charge in [0.2, 0.25) is 10.0 Å². The number of ether oxygens (including phenoxy) is 2. The van der Waals surface area contributed by atoms with E-state index in [0.717, 1.165) is 0 Å². The normalized spacial score (nSPS) is 15.5. The average molecular weight is 400 g/mol. The molecule has 1 N–H and O–H groups in total. The molecule has 0 saturated carbocycles. The zero-order chi connectivity index (χ0) is 20.1. The van der Waals surface area contributed by atoms with Crippen LogP contribution < -0.4 is 14.2 Å². The molecule has 0 fully saturated rings. The number of sulfonamides is 1. The van der Waals surface area contributed by atoms with E-state index < -0.39 is 10.0 Å². The number of terminal acetylenes is 1. The topological polar surface area (TPSA) is 84.9 Å². The Morgan fingerprint density at radius 3 is 2.57 bits per heavy atom. The summed E-state index contributed by atoms with van der Waals surface area (Å²) in [7, 11) is -2.03. The van der Waals surface area contributed by atoms with Crippen LogP contribution in [0.3, 0.4) is 0 Å². The molecule has 0 aromatic heterocycles. The maximum Gasteiger partial charge on any atom is 0.253 e. The molecule has 0 spiro atoms. The minimum atomic E-state index is -3.69. The number of hydrogen-bond donors (Lipinski definition) is 1. The molecule has 1 amide bonds. The minimum Gasteiger partial charge on any atom is -0.486 e. The number of likely N-dealkylation sites (N-methyl/N-ethyl adjacent to an activating group) is 1. The van der Waals surface area contributed by atoms with Crippen LogP contribution >= 0.6 is 0 Å². The van der Waals surface area contributed by atoms with Gasteiger partial charge in [0.1, 0.15) is 6.61 Å². The Hall–Kier alpha value is -3.02. The molecule has 2 aromatic rings. The summed E-state index contributed by atoms with van der Waals surface area (Å²) in [5.74, 6) is 3.29. The number of nitrogens with one attached hydrogen (secondary N) is 1. The van der Waals surface area contributed by atoms with Crippen molar-refractivity contribution < 1.29 is 22.7 Å². The molecule has 146 valence electrons. The molecule has 7 nitrogen and oxygen atoms in total. The highest BCUT2D eigenvalue weighted by atomic mass is 32.2. The van der Waals surface area contributed by atoms with Gasteiger partial charge in [-0.05, 0) is 36.4 Å². The van der Waals surface area contributed by atoms with Crippen LogP contribution in [0.25, 0.3) is 0 Å². The summed E-state index contributed by atoms with van der Waals surface area (Å²) in [6.45, 7) is 0.571. The number of carbonyl (C=O) groups excluding carboxylic acids is 1. The molecule has 1 atom stereocenters. The number of hydrogen-bond acceptors (Lipinski definition) is 5. The van der Waals surface area contributed by atoms with Crippen LogP contribution in [-0.2, 0) is 10.0 Å². The van der Waals surface area contributed by atoms with Gasteiger partial charge in [0.05, 0.1) is 18.0 Å². The lowest BCUT2D eigenvalue weighted by molar-refractivity contribution is 0.0521. The van der Waals surface area contributed by atoms with Crippen LogP contribution in [0.15, 0.2) is 53.4 Å². The maximum atomic E-state index is 12.6. The molecule has 1 unspecified atom stereocenters. The van der Waals surface area contributed by atoms with Gasteiger partial charge >= 0.3 is 0 Å². The Kier molecular flexibility index (Phi) is 5.87. The largest absolute Gasteiger partial charge is 0.486 e. The highest BCUT2D eigenvalue weighted by Gasteiger charge is 2.24. The lowest BCUT2D eigenvalue weighted by atomic mass is 10.2. The summed E-state index contributed by atoms with van der Waals surface area (Å²) >= 11 is 0. The first-order chi connectivity index (χ1) is 13.4. The second kappa shape index (κ2) is 8.33. The van der Waals surface area contributed by atoms with Gasteiger partial charge in [0.25, 0.3) is 5.91 Å². The fraction of sp³-hybridized carbons (Fsp3) is 0.250. The lowest BCUT2D eigenvalue weighted by Gasteiger charge is -2.29. The van der Waals surface area contributed by atoms with Crippen LogP contribution in [0.2, 0.25) is 0 Å². The summed E-state index contributed by atoms with van der Waals surface area (Å²) < 4.78 is 37.9. The van der Waals surface area contributed by atoms with Crippen LogP contribution in [0, 0.1) is 12.3 Å². The average Bonchev–Trinajstić information content (AvgIpc) is 2.71. The first-order valence-corrected chi connectivity index (χ1v) is 10.1. The van der Waals surface area contributed by atoms with Crippen molar-refractivity contribution >= 4 is 15.9 Å². The molecular weight excluding hydrogens is 380 g/mol. The van der Waals surface area contributed by atoms with Gasteiger partial charge in [-0.2, -0.15) is 4.72 Å². The van der Waals surface area contributed by atoms with Gasteiger partial charge < -0.3 is 14.4 Å². The zero-order valence-electron chi connectivity index (χ0n) is 15.3.